The molecular weight excluding hydrogens is 230 g/mol. The summed E-state index contributed by atoms with van der Waals surface area (Å²) in [5.41, 5.74) is 7.01. The van der Waals surface area contributed by atoms with Crippen LogP contribution in [-0.2, 0) is 0 Å². The highest BCUT2D eigenvalue weighted by Gasteiger charge is 2.38. The van der Waals surface area contributed by atoms with E-state index < -0.39 is 0 Å². The van der Waals surface area contributed by atoms with Gasteiger partial charge in [0.05, 0.1) is 4.92 Å². The molecule has 96 valence electrons. The Morgan fingerprint density at radius 2 is 2.06 bits per heavy atom. The van der Waals surface area contributed by atoms with E-state index in [0.717, 1.165) is 38.0 Å². The molecule has 1 atom stereocenters. The molecule has 1 aromatic carbocycles. The van der Waals surface area contributed by atoms with Crippen LogP contribution >= 0.6 is 0 Å². The molecule has 3 heterocycles. The minimum atomic E-state index is -0.331. The van der Waals surface area contributed by atoms with Gasteiger partial charge in [0.1, 0.15) is 5.69 Å². The Hall–Kier alpha value is -1.62. The van der Waals surface area contributed by atoms with Gasteiger partial charge in [-0.05, 0) is 37.9 Å². The van der Waals surface area contributed by atoms with Gasteiger partial charge in [-0.1, -0.05) is 12.1 Å². The van der Waals surface area contributed by atoms with Crippen LogP contribution in [0, 0.1) is 16.0 Å². The van der Waals surface area contributed by atoms with Crippen molar-refractivity contribution in [2.24, 2.45) is 5.92 Å². The predicted molar refractivity (Wildman–Crippen MR) is 69.4 cm³/mol. The van der Waals surface area contributed by atoms with Crippen LogP contribution in [0.15, 0.2) is 18.2 Å². The molecule has 0 spiro atoms. The molecule has 0 aliphatic carbocycles. The zero-order valence-corrected chi connectivity index (χ0v) is 10.2. The van der Waals surface area contributed by atoms with Crippen LogP contribution in [0.3, 0.4) is 0 Å². The third-order valence-corrected chi connectivity index (χ3v) is 4.34. The van der Waals surface area contributed by atoms with Crippen molar-refractivity contribution in [2.45, 2.75) is 18.8 Å². The third-order valence-electron chi connectivity index (χ3n) is 4.34. The molecule has 3 fully saturated rings. The fourth-order valence-corrected chi connectivity index (χ4v) is 3.41. The molecule has 0 amide bonds. The number of hydrogen-bond donors (Lipinski definition) is 1. The number of hydrogen-bond acceptors (Lipinski definition) is 4. The highest BCUT2D eigenvalue weighted by molar-refractivity contribution is 5.63. The first kappa shape index (κ1) is 11.5. The Morgan fingerprint density at radius 3 is 2.61 bits per heavy atom. The zero-order valence-electron chi connectivity index (χ0n) is 10.2. The normalized spacial score (nSPS) is 30.3. The van der Waals surface area contributed by atoms with Crippen molar-refractivity contribution in [3.05, 3.63) is 33.9 Å². The number of nitro groups is 1. The number of nitro benzene ring substituents is 1. The fourth-order valence-electron chi connectivity index (χ4n) is 3.41. The largest absolute Gasteiger partial charge is 0.393 e. The van der Waals surface area contributed by atoms with Gasteiger partial charge >= 0.3 is 0 Å². The van der Waals surface area contributed by atoms with Gasteiger partial charge in [0.25, 0.3) is 5.69 Å². The van der Waals surface area contributed by atoms with Gasteiger partial charge in [0.2, 0.25) is 0 Å². The van der Waals surface area contributed by atoms with Gasteiger partial charge in [0.15, 0.2) is 0 Å². The average molecular weight is 247 g/mol. The van der Waals surface area contributed by atoms with Crippen molar-refractivity contribution in [1.29, 1.82) is 0 Å². The number of fused-ring (bicyclic) bond motifs is 3. The standard InChI is InChI=1S/C13H17N3O2/c14-12-3-1-2-10(13(12)16(17)18)11-8-15-6-4-9(11)5-7-15/h1-3,9,11H,4-8,14H2. The van der Waals surface area contributed by atoms with Crippen molar-refractivity contribution in [3.63, 3.8) is 0 Å². The molecule has 18 heavy (non-hydrogen) atoms. The summed E-state index contributed by atoms with van der Waals surface area (Å²) in [5.74, 6) is 0.854. The van der Waals surface area contributed by atoms with Gasteiger partial charge in [-0.3, -0.25) is 10.1 Å². The number of para-hydroxylation sites is 1. The minimum absolute atomic E-state index is 0.122. The summed E-state index contributed by atoms with van der Waals surface area (Å²) in [5, 5.41) is 11.2. The van der Waals surface area contributed by atoms with Crippen LogP contribution in [0.2, 0.25) is 0 Å². The fraction of sp³-hybridized carbons (Fsp3) is 0.538. The second-order valence-electron chi connectivity index (χ2n) is 5.29. The number of benzene rings is 1. The summed E-state index contributed by atoms with van der Waals surface area (Å²) in [6, 6.07) is 5.32. The predicted octanol–water partition coefficient (Wildman–Crippen LogP) is 1.99. The molecule has 0 radical (unpaired) electrons. The molecule has 3 saturated heterocycles. The Morgan fingerprint density at radius 1 is 1.33 bits per heavy atom. The summed E-state index contributed by atoms with van der Waals surface area (Å²) in [6.07, 6.45) is 2.30. The lowest BCUT2D eigenvalue weighted by atomic mass is 9.75. The van der Waals surface area contributed by atoms with E-state index in [1.165, 1.54) is 0 Å². The summed E-state index contributed by atoms with van der Waals surface area (Å²) >= 11 is 0. The van der Waals surface area contributed by atoms with E-state index in [1.807, 2.05) is 12.1 Å². The van der Waals surface area contributed by atoms with Crippen LogP contribution in [0.1, 0.15) is 24.3 Å². The smallest absolute Gasteiger partial charge is 0.295 e. The lowest BCUT2D eigenvalue weighted by molar-refractivity contribution is -0.384. The van der Waals surface area contributed by atoms with E-state index in [2.05, 4.69) is 4.90 Å². The Bertz CT molecular complexity index is 481. The average Bonchev–Trinajstić information content (AvgIpc) is 2.39. The quantitative estimate of drug-likeness (QED) is 0.493. The van der Waals surface area contributed by atoms with Crippen molar-refractivity contribution >= 4 is 11.4 Å². The van der Waals surface area contributed by atoms with Gasteiger partial charge in [-0.2, -0.15) is 0 Å². The molecule has 2 bridgehead atoms. The topological polar surface area (TPSA) is 72.4 Å². The SMILES string of the molecule is Nc1cccc(C2CN3CCC2CC3)c1[N+](=O)[O-]. The number of rotatable bonds is 2. The monoisotopic (exact) mass is 247 g/mol. The van der Waals surface area contributed by atoms with E-state index in [9.17, 15) is 10.1 Å². The van der Waals surface area contributed by atoms with Crippen molar-refractivity contribution in [1.82, 2.24) is 4.90 Å². The van der Waals surface area contributed by atoms with Gasteiger partial charge < -0.3 is 10.6 Å². The molecule has 1 aromatic rings. The maximum absolute atomic E-state index is 11.2. The maximum Gasteiger partial charge on any atom is 0.295 e. The minimum Gasteiger partial charge on any atom is -0.393 e. The molecule has 3 aliphatic heterocycles. The Kier molecular flexibility index (Phi) is 2.70. The van der Waals surface area contributed by atoms with Gasteiger partial charge in [0, 0.05) is 18.0 Å². The first-order chi connectivity index (χ1) is 8.66. The number of piperidine rings is 3. The van der Waals surface area contributed by atoms with Crippen LogP contribution in [0.5, 0.6) is 0 Å². The molecule has 0 aromatic heterocycles. The number of nitrogens with zero attached hydrogens (tertiary/aromatic N) is 2. The number of anilines is 1. The summed E-state index contributed by atoms with van der Waals surface area (Å²) in [6.45, 7) is 3.21. The van der Waals surface area contributed by atoms with Crippen molar-refractivity contribution in [3.8, 4) is 0 Å². The van der Waals surface area contributed by atoms with Gasteiger partial charge in [-0.15, -0.1) is 0 Å². The van der Waals surface area contributed by atoms with Crippen molar-refractivity contribution < 1.29 is 4.92 Å². The van der Waals surface area contributed by atoms with Crippen LogP contribution < -0.4 is 5.73 Å². The first-order valence-electron chi connectivity index (χ1n) is 6.42. The van der Waals surface area contributed by atoms with Crippen molar-refractivity contribution in [2.75, 3.05) is 25.4 Å². The molecule has 5 heteroatoms. The summed E-state index contributed by atoms with van der Waals surface area (Å²) < 4.78 is 0. The summed E-state index contributed by atoms with van der Waals surface area (Å²) in [7, 11) is 0. The second kappa shape index (κ2) is 4.24. The lowest BCUT2D eigenvalue weighted by Crippen LogP contribution is -2.46. The molecular formula is C13H17N3O2. The zero-order chi connectivity index (χ0) is 12.7. The second-order valence-corrected chi connectivity index (χ2v) is 5.29. The third kappa shape index (κ3) is 1.75. The van der Waals surface area contributed by atoms with E-state index in [4.69, 9.17) is 5.73 Å². The maximum atomic E-state index is 11.2. The molecule has 1 unspecified atom stereocenters. The highest BCUT2D eigenvalue weighted by Crippen LogP contribution is 2.43. The molecule has 5 nitrogen and oxygen atoms in total. The van der Waals surface area contributed by atoms with E-state index in [-0.39, 0.29) is 22.2 Å². The number of nitrogen functional groups attached to an aromatic ring is 1. The molecule has 4 rings (SSSR count). The molecule has 0 saturated carbocycles. The Balaban J connectivity index is 2.02. The molecule has 3 aliphatic rings. The molecule has 2 N–H and O–H groups in total. The lowest BCUT2D eigenvalue weighted by Gasteiger charge is -2.44. The Labute approximate surface area is 106 Å². The van der Waals surface area contributed by atoms with E-state index in [0.29, 0.717) is 5.92 Å². The van der Waals surface area contributed by atoms with Crippen LogP contribution in [0.4, 0.5) is 11.4 Å². The van der Waals surface area contributed by atoms with Crippen LogP contribution in [0.25, 0.3) is 0 Å². The van der Waals surface area contributed by atoms with Crippen LogP contribution in [-0.4, -0.2) is 29.5 Å². The number of nitrogens with two attached hydrogens (primary N) is 1. The summed E-state index contributed by atoms with van der Waals surface area (Å²) in [4.78, 5) is 13.3. The van der Waals surface area contributed by atoms with E-state index >= 15 is 0 Å². The highest BCUT2D eigenvalue weighted by atomic mass is 16.6. The first-order valence-corrected chi connectivity index (χ1v) is 6.42. The van der Waals surface area contributed by atoms with E-state index in [1.54, 1.807) is 6.07 Å². The van der Waals surface area contributed by atoms with Gasteiger partial charge in [-0.25, -0.2) is 0 Å².